The van der Waals surface area contributed by atoms with Crippen LogP contribution in [0.2, 0.25) is 0 Å². The minimum absolute atomic E-state index is 0.0168. The second-order valence-electron chi connectivity index (χ2n) is 6.24. The lowest BCUT2D eigenvalue weighted by Gasteiger charge is -2.20. The van der Waals surface area contributed by atoms with Gasteiger partial charge in [0.1, 0.15) is 5.60 Å². The number of hydrogen-bond donors (Lipinski definition) is 3. The lowest BCUT2D eigenvalue weighted by molar-refractivity contribution is -0.115. The van der Waals surface area contributed by atoms with E-state index in [0.717, 1.165) is 16.9 Å². The topological polar surface area (TPSA) is 79.5 Å². The third-order valence-corrected chi connectivity index (χ3v) is 3.04. The van der Waals surface area contributed by atoms with Crippen LogP contribution in [0, 0.1) is 6.92 Å². The Bertz CT molecular complexity index is 551. The maximum absolute atomic E-state index is 11.5. The summed E-state index contributed by atoms with van der Waals surface area (Å²) in [6.07, 6.45) is 0.0108. The van der Waals surface area contributed by atoms with Crippen molar-refractivity contribution in [2.75, 3.05) is 23.7 Å². The molecule has 0 saturated heterocycles. The summed E-state index contributed by atoms with van der Waals surface area (Å²) in [5.41, 5.74) is 2.18. The standard InChI is InChI=1S/C17H27N3O3/c1-6-15(21)20-14-9-7-8-13(12(14)2)18-10-11-19-16(22)23-17(3,4)5/h7-9,18H,6,10-11H2,1-5H3,(H,19,22)(H,20,21). The van der Waals surface area contributed by atoms with Crippen LogP contribution in [-0.2, 0) is 9.53 Å². The smallest absolute Gasteiger partial charge is 0.407 e. The van der Waals surface area contributed by atoms with E-state index < -0.39 is 11.7 Å². The SMILES string of the molecule is CCC(=O)Nc1cccc(NCCNC(=O)OC(C)(C)C)c1C. The van der Waals surface area contributed by atoms with Crippen LogP contribution in [-0.4, -0.2) is 30.7 Å². The number of carbonyl (C=O) groups excluding carboxylic acids is 2. The molecular weight excluding hydrogens is 294 g/mol. The molecule has 0 saturated carbocycles. The normalized spacial score (nSPS) is 10.8. The lowest BCUT2D eigenvalue weighted by Crippen LogP contribution is -2.35. The molecule has 0 atom stereocenters. The third-order valence-electron chi connectivity index (χ3n) is 3.04. The summed E-state index contributed by atoms with van der Waals surface area (Å²) in [5, 5.41) is 8.80. The second kappa shape index (κ2) is 8.41. The van der Waals surface area contributed by atoms with Gasteiger partial charge in [0.2, 0.25) is 5.91 Å². The molecule has 0 radical (unpaired) electrons. The highest BCUT2D eigenvalue weighted by Gasteiger charge is 2.15. The van der Waals surface area contributed by atoms with E-state index in [9.17, 15) is 9.59 Å². The molecule has 1 rings (SSSR count). The Morgan fingerprint density at radius 2 is 1.78 bits per heavy atom. The van der Waals surface area contributed by atoms with E-state index in [2.05, 4.69) is 16.0 Å². The summed E-state index contributed by atoms with van der Waals surface area (Å²) in [7, 11) is 0. The molecular formula is C17H27N3O3. The summed E-state index contributed by atoms with van der Waals surface area (Å²) in [6, 6.07) is 5.68. The van der Waals surface area contributed by atoms with Crippen molar-refractivity contribution in [3.8, 4) is 0 Å². The van der Waals surface area contributed by atoms with Crippen LogP contribution in [0.1, 0.15) is 39.7 Å². The molecule has 1 aromatic carbocycles. The van der Waals surface area contributed by atoms with Gasteiger partial charge in [0.25, 0.3) is 0 Å². The average Bonchev–Trinajstić information content (AvgIpc) is 2.45. The van der Waals surface area contributed by atoms with E-state index in [1.165, 1.54) is 0 Å². The van der Waals surface area contributed by atoms with E-state index in [4.69, 9.17) is 4.74 Å². The van der Waals surface area contributed by atoms with Crippen LogP contribution < -0.4 is 16.0 Å². The first-order valence-corrected chi connectivity index (χ1v) is 7.83. The second-order valence-corrected chi connectivity index (χ2v) is 6.24. The average molecular weight is 321 g/mol. The molecule has 0 aliphatic rings. The summed E-state index contributed by atoms with van der Waals surface area (Å²) in [5.74, 6) is -0.0168. The number of nitrogens with one attached hydrogen (secondary N) is 3. The van der Waals surface area contributed by atoms with Crippen LogP contribution in [0.4, 0.5) is 16.2 Å². The first-order chi connectivity index (χ1) is 10.7. The molecule has 3 N–H and O–H groups in total. The fourth-order valence-corrected chi connectivity index (χ4v) is 1.88. The van der Waals surface area contributed by atoms with Crippen molar-refractivity contribution in [3.63, 3.8) is 0 Å². The maximum atomic E-state index is 11.5. The monoisotopic (exact) mass is 321 g/mol. The summed E-state index contributed by atoms with van der Waals surface area (Å²) >= 11 is 0. The van der Waals surface area contributed by atoms with Crippen LogP contribution >= 0.6 is 0 Å². The highest BCUT2D eigenvalue weighted by atomic mass is 16.6. The van der Waals surface area contributed by atoms with Gasteiger partial charge in [-0.1, -0.05) is 13.0 Å². The Balaban J connectivity index is 2.48. The molecule has 0 spiro atoms. The van der Waals surface area contributed by atoms with Gasteiger partial charge in [-0.25, -0.2) is 4.79 Å². The molecule has 0 aromatic heterocycles. The number of benzene rings is 1. The van der Waals surface area contributed by atoms with Gasteiger partial charge in [0, 0.05) is 30.9 Å². The Hall–Kier alpha value is -2.24. The van der Waals surface area contributed by atoms with Crippen molar-refractivity contribution in [1.82, 2.24) is 5.32 Å². The van der Waals surface area contributed by atoms with Crippen molar-refractivity contribution in [3.05, 3.63) is 23.8 Å². The van der Waals surface area contributed by atoms with Gasteiger partial charge in [-0.2, -0.15) is 0 Å². The highest BCUT2D eigenvalue weighted by Crippen LogP contribution is 2.23. The highest BCUT2D eigenvalue weighted by molar-refractivity contribution is 5.92. The largest absolute Gasteiger partial charge is 0.444 e. The van der Waals surface area contributed by atoms with Gasteiger partial charge in [0.05, 0.1) is 0 Å². The van der Waals surface area contributed by atoms with Crippen molar-refractivity contribution in [1.29, 1.82) is 0 Å². The van der Waals surface area contributed by atoms with Crippen molar-refractivity contribution < 1.29 is 14.3 Å². The molecule has 0 bridgehead atoms. The zero-order valence-corrected chi connectivity index (χ0v) is 14.6. The number of amides is 2. The zero-order chi connectivity index (χ0) is 17.5. The van der Waals surface area contributed by atoms with Crippen LogP contribution in [0.3, 0.4) is 0 Å². The summed E-state index contributed by atoms with van der Waals surface area (Å²) in [6.45, 7) is 10.2. The van der Waals surface area contributed by atoms with E-state index >= 15 is 0 Å². The number of ether oxygens (including phenoxy) is 1. The number of hydrogen-bond acceptors (Lipinski definition) is 4. The van der Waals surface area contributed by atoms with Crippen molar-refractivity contribution >= 4 is 23.4 Å². The number of rotatable bonds is 6. The lowest BCUT2D eigenvalue weighted by atomic mass is 10.1. The molecule has 0 unspecified atom stereocenters. The number of carbonyl (C=O) groups is 2. The predicted octanol–water partition coefficient (Wildman–Crippen LogP) is 3.28. The van der Waals surface area contributed by atoms with E-state index in [1.54, 1.807) is 0 Å². The minimum atomic E-state index is -0.500. The van der Waals surface area contributed by atoms with Crippen LogP contribution in [0.25, 0.3) is 0 Å². The van der Waals surface area contributed by atoms with Gasteiger partial charge >= 0.3 is 6.09 Å². The Morgan fingerprint density at radius 1 is 1.13 bits per heavy atom. The Labute approximate surface area is 138 Å². The number of alkyl carbamates (subject to hydrolysis) is 1. The molecule has 23 heavy (non-hydrogen) atoms. The van der Waals surface area contributed by atoms with E-state index in [1.807, 2.05) is 52.8 Å². The van der Waals surface area contributed by atoms with Gasteiger partial charge in [-0.05, 0) is 45.4 Å². The van der Waals surface area contributed by atoms with Crippen molar-refractivity contribution in [2.24, 2.45) is 0 Å². The van der Waals surface area contributed by atoms with E-state index in [0.29, 0.717) is 19.5 Å². The van der Waals surface area contributed by atoms with E-state index in [-0.39, 0.29) is 5.91 Å². The van der Waals surface area contributed by atoms with Gasteiger partial charge in [-0.15, -0.1) is 0 Å². The molecule has 6 nitrogen and oxygen atoms in total. The molecule has 0 aliphatic carbocycles. The van der Waals surface area contributed by atoms with Crippen LogP contribution in [0.15, 0.2) is 18.2 Å². The fraction of sp³-hybridized carbons (Fsp3) is 0.529. The molecule has 128 valence electrons. The maximum Gasteiger partial charge on any atom is 0.407 e. The summed E-state index contributed by atoms with van der Waals surface area (Å²) in [4.78, 5) is 23.0. The zero-order valence-electron chi connectivity index (χ0n) is 14.6. The molecule has 0 aliphatic heterocycles. The first kappa shape index (κ1) is 18.8. The molecule has 1 aromatic rings. The first-order valence-electron chi connectivity index (χ1n) is 7.83. The Kier molecular flexibility index (Phi) is 6.88. The summed E-state index contributed by atoms with van der Waals surface area (Å²) < 4.78 is 5.16. The molecule has 0 fully saturated rings. The van der Waals surface area contributed by atoms with Gasteiger partial charge in [0.15, 0.2) is 0 Å². The van der Waals surface area contributed by atoms with Crippen LogP contribution in [0.5, 0.6) is 0 Å². The fourth-order valence-electron chi connectivity index (χ4n) is 1.88. The number of anilines is 2. The molecule has 6 heteroatoms. The third kappa shape index (κ3) is 7.04. The van der Waals surface area contributed by atoms with Gasteiger partial charge in [-0.3, -0.25) is 4.79 Å². The van der Waals surface area contributed by atoms with Crippen molar-refractivity contribution in [2.45, 2.75) is 46.6 Å². The van der Waals surface area contributed by atoms with Gasteiger partial charge < -0.3 is 20.7 Å². The molecule has 0 heterocycles. The minimum Gasteiger partial charge on any atom is -0.444 e. The Morgan fingerprint density at radius 3 is 2.39 bits per heavy atom. The molecule has 2 amide bonds. The predicted molar refractivity (Wildman–Crippen MR) is 92.8 cm³/mol. The quantitative estimate of drug-likeness (QED) is 0.703.